The largest absolute Gasteiger partial charge is 0.495 e. The van der Waals surface area contributed by atoms with Crippen molar-refractivity contribution in [3.63, 3.8) is 0 Å². The number of amides is 1. The Hall–Kier alpha value is -2.51. The zero-order valence-corrected chi connectivity index (χ0v) is 18.2. The molecule has 0 bridgehead atoms. The first-order chi connectivity index (χ1) is 14.3. The number of ether oxygens (including phenoxy) is 1. The summed E-state index contributed by atoms with van der Waals surface area (Å²) in [6.07, 6.45) is 4.52. The molecule has 0 aliphatic carbocycles. The molecule has 1 amide bonds. The molecule has 30 heavy (non-hydrogen) atoms. The van der Waals surface area contributed by atoms with Crippen LogP contribution in [-0.2, 0) is 11.2 Å². The molecule has 2 aromatic rings. The second-order valence-corrected chi connectivity index (χ2v) is 7.72. The molecule has 1 aromatic carbocycles. The van der Waals surface area contributed by atoms with E-state index < -0.39 is 5.91 Å². The highest BCUT2D eigenvalue weighted by Crippen LogP contribution is 2.21. The van der Waals surface area contributed by atoms with Crippen LogP contribution in [0.25, 0.3) is 0 Å². The van der Waals surface area contributed by atoms with E-state index in [0.717, 1.165) is 36.4 Å². The highest BCUT2D eigenvalue weighted by molar-refractivity contribution is 5.77. The van der Waals surface area contributed by atoms with Crippen molar-refractivity contribution in [3.05, 3.63) is 58.7 Å². The number of carbonyl (C=O) groups excluding carboxylic acids is 1. The van der Waals surface area contributed by atoms with Gasteiger partial charge in [0.1, 0.15) is 11.6 Å². The van der Waals surface area contributed by atoms with E-state index in [-0.39, 0.29) is 17.8 Å². The molecule has 0 spiro atoms. The van der Waals surface area contributed by atoms with Crippen molar-refractivity contribution in [1.82, 2.24) is 15.8 Å². The summed E-state index contributed by atoms with van der Waals surface area (Å²) in [5, 5.41) is 12.5. The number of hydrogen-bond donors (Lipinski definition) is 3. The monoisotopic (exact) mass is 417 g/mol. The minimum atomic E-state index is -0.404. The number of nitrogens with zero attached hydrogens (tertiary/aromatic N) is 1. The third-order valence-electron chi connectivity index (χ3n) is 5.33. The predicted molar refractivity (Wildman–Crippen MR) is 114 cm³/mol. The van der Waals surface area contributed by atoms with Crippen LogP contribution in [-0.4, -0.2) is 29.8 Å². The summed E-state index contributed by atoms with van der Waals surface area (Å²) in [5.41, 5.74) is 4.75. The van der Waals surface area contributed by atoms with Crippen LogP contribution in [0.4, 0.5) is 4.39 Å². The van der Waals surface area contributed by atoms with Gasteiger partial charge in [0.15, 0.2) is 0 Å². The number of benzene rings is 1. The second kappa shape index (κ2) is 11.6. The van der Waals surface area contributed by atoms with E-state index in [0.29, 0.717) is 24.0 Å². The molecule has 0 fully saturated rings. The summed E-state index contributed by atoms with van der Waals surface area (Å²) < 4.78 is 19.0. The molecular weight excluding hydrogens is 385 g/mol. The molecule has 1 heterocycles. The van der Waals surface area contributed by atoms with Crippen molar-refractivity contribution < 1.29 is 19.1 Å². The molecule has 7 heteroatoms. The van der Waals surface area contributed by atoms with Crippen LogP contribution in [0.1, 0.15) is 54.6 Å². The Morgan fingerprint density at radius 2 is 1.93 bits per heavy atom. The minimum absolute atomic E-state index is 0.109. The zero-order chi connectivity index (χ0) is 22.1. The molecule has 0 aliphatic heterocycles. The van der Waals surface area contributed by atoms with E-state index in [1.807, 2.05) is 12.1 Å². The van der Waals surface area contributed by atoms with Gasteiger partial charge in [0.05, 0.1) is 19.0 Å². The van der Waals surface area contributed by atoms with Crippen molar-refractivity contribution in [3.8, 4) is 5.75 Å². The fourth-order valence-electron chi connectivity index (χ4n) is 3.56. The number of halogens is 1. The number of unbranched alkanes of at least 4 members (excludes halogenated alkanes) is 1. The summed E-state index contributed by atoms with van der Waals surface area (Å²) in [7, 11) is 1.61. The number of aromatic nitrogens is 1. The number of rotatable bonds is 11. The molecule has 0 saturated carbocycles. The van der Waals surface area contributed by atoms with Crippen molar-refractivity contribution in [1.29, 1.82) is 0 Å². The zero-order valence-electron chi connectivity index (χ0n) is 18.2. The summed E-state index contributed by atoms with van der Waals surface area (Å²) in [6.45, 7) is 6.28. The molecule has 2 rings (SSSR count). The highest BCUT2D eigenvalue weighted by Gasteiger charge is 2.19. The number of hydrogen-bond acceptors (Lipinski definition) is 5. The summed E-state index contributed by atoms with van der Waals surface area (Å²) >= 11 is 0. The molecule has 1 aromatic heterocycles. The van der Waals surface area contributed by atoms with E-state index in [9.17, 15) is 9.18 Å². The summed E-state index contributed by atoms with van der Waals surface area (Å²) in [4.78, 5) is 16.5. The van der Waals surface area contributed by atoms with E-state index in [2.05, 4.69) is 17.2 Å². The third kappa shape index (κ3) is 6.78. The van der Waals surface area contributed by atoms with E-state index in [1.165, 1.54) is 0 Å². The van der Waals surface area contributed by atoms with Crippen molar-refractivity contribution in [2.24, 2.45) is 5.92 Å². The molecule has 0 radical (unpaired) electrons. The molecule has 6 nitrogen and oxygen atoms in total. The standard InChI is InChI=1S/C23H32FN3O3/c1-15-11-18(12-16(2)22(15)24)13-19(23(28)27-29)7-5-6-10-25-17(3)21-9-8-20(30-4)14-26-21/h8-9,11-12,14,17,19,25,29H,5-7,10,13H2,1-4H3,(H,27,28)/t17-,19+/m1/s1. The highest BCUT2D eigenvalue weighted by atomic mass is 19.1. The summed E-state index contributed by atoms with van der Waals surface area (Å²) in [5.74, 6) is -0.252. The maximum Gasteiger partial charge on any atom is 0.246 e. The van der Waals surface area contributed by atoms with Gasteiger partial charge in [0.25, 0.3) is 0 Å². The lowest BCUT2D eigenvalue weighted by Gasteiger charge is -2.17. The van der Waals surface area contributed by atoms with Crippen LogP contribution in [0.3, 0.4) is 0 Å². The average molecular weight is 418 g/mol. The van der Waals surface area contributed by atoms with Gasteiger partial charge in [-0.2, -0.15) is 0 Å². The lowest BCUT2D eigenvalue weighted by Crippen LogP contribution is -2.29. The van der Waals surface area contributed by atoms with Gasteiger partial charge in [-0.25, -0.2) is 9.87 Å². The number of methoxy groups -OCH3 is 1. The fourth-order valence-corrected chi connectivity index (χ4v) is 3.56. The van der Waals surface area contributed by atoms with Crippen molar-refractivity contribution in [2.75, 3.05) is 13.7 Å². The third-order valence-corrected chi connectivity index (χ3v) is 5.33. The SMILES string of the molecule is COc1ccc([C@@H](C)NCCCC[C@@H](Cc2cc(C)c(F)c(C)c2)C(=O)NO)nc1. The first-order valence-electron chi connectivity index (χ1n) is 10.3. The van der Waals surface area contributed by atoms with E-state index >= 15 is 0 Å². The molecule has 0 unspecified atom stereocenters. The Labute approximate surface area is 177 Å². The lowest BCUT2D eigenvalue weighted by atomic mass is 9.91. The first kappa shape index (κ1) is 23.8. The number of nitrogens with one attached hydrogen (secondary N) is 2. The van der Waals surface area contributed by atoms with Crippen LogP contribution < -0.4 is 15.5 Å². The number of aryl methyl sites for hydroxylation is 2. The van der Waals surface area contributed by atoms with Crippen LogP contribution in [0.5, 0.6) is 5.75 Å². The molecule has 164 valence electrons. The normalized spacial score (nSPS) is 13.0. The Bertz CT molecular complexity index is 804. The van der Waals surface area contributed by atoms with Crippen molar-refractivity contribution >= 4 is 5.91 Å². The number of hydroxylamine groups is 1. The molecule has 0 aliphatic rings. The van der Waals surface area contributed by atoms with Gasteiger partial charge < -0.3 is 10.1 Å². The van der Waals surface area contributed by atoms with Gasteiger partial charge in [-0.15, -0.1) is 0 Å². The maximum absolute atomic E-state index is 13.8. The quantitative estimate of drug-likeness (QED) is 0.292. The second-order valence-electron chi connectivity index (χ2n) is 7.72. The van der Waals surface area contributed by atoms with Crippen LogP contribution in [0.2, 0.25) is 0 Å². The van der Waals surface area contributed by atoms with Crippen molar-refractivity contribution in [2.45, 2.75) is 52.5 Å². The molecular formula is C23H32FN3O3. The van der Waals surface area contributed by atoms with Gasteiger partial charge in [0.2, 0.25) is 5.91 Å². The maximum atomic E-state index is 13.8. The first-order valence-corrected chi connectivity index (χ1v) is 10.3. The Morgan fingerprint density at radius 1 is 1.23 bits per heavy atom. The predicted octanol–water partition coefficient (Wildman–Crippen LogP) is 4.03. The Morgan fingerprint density at radius 3 is 2.50 bits per heavy atom. The smallest absolute Gasteiger partial charge is 0.246 e. The van der Waals surface area contributed by atoms with Gasteiger partial charge in [-0.1, -0.05) is 18.6 Å². The van der Waals surface area contributed by atoms with Crippen LogP contribution >= 0.6 is 0 Å². The molecule has 3 N–H and O–H groups in total. The molecule has 2 atom stereocenters. The van der Waals surface area contributed by atoms with Gasteiger partial charge in [0, 0.05) is 12.0 Å². The van der Waals surface area contributed by atoms with Crippen LogP contribution in [0, 0.1) is 25.6 Å². The Kier molecular flexibility index (Phi) is 9.20. The minimum Gasteiger partial charge on any atom is -0.495 e. The van der Waals surface area contributed by atoms with Gasteiger partial charge in [-0.05, 0) is 75.4 Å². The summed E-state index contributed by atoms with van der Waals surface area (Å²) in [6, 6.07) is 7.47. The lowest BCUT2D eigenvalue weighted by molar-refractivity contribution is -0.133. The van der Waals surface area contributed by atoms with Gasteiger partial charge >= 0.3 is 0 Å². The van der Waals surface area contributed by atoms with Gasteiger partial charge in [-0.3, -0.25) is 15.0 Å². The fraction of sp³-hybridized carbons (Fsp3) is 0.478. The van der Waals surface area contributed by atoms with E-state index in [1.54, 1.807) is 44.8 Å². The Balaban J connectivity index is 1.82. The van der Waals surface area contributed by atoms with E-state index in [4.69, 9.17) is 9.94 Å². The topological polar surface area (TPSA) is 83.5 Å². The number of carbonyl (C=O) groups is 1. The number of pyridine rings is 1. The molecule has 0 saturated heterocycles. The van der Waals surface area contributed by atoms with Crippen LogP contribution in [0.15, 0.2) is 30.5 Å². The average Bonchev–Trinajstić information content (AvgIpc) is 2.75.